The van der Waals surface area contributed by atoms with Crippen molar-refractivity contribution in [1.29, 1.82) is 0 Å². The number of hydrogen-bond acceptors (Lipinski definition) is 3. The van der Waals surface area contributed by atoms with Crippen LogP contribution in [0.5, 0.6) is 0 Å². The number of nitrogens with zero attached hydrogens (tertiary/aromatic N) is 3. The van der Waals surface area contributed by atoms with Gasteiger partial charge in [0, 0.05) is 0 Å². The van der Waals surface area contributed by atoms with Crippen molar-refractivity contribution in [2.75, 3.05) is 0 Å². The largest absolute Gasteiger partial charge is 0.476 e. The van der Waals surface area contributed by atoms with E-state index in [1.54, 1.807) is 0 Å². The number of imidazole rings is 1. The maximum Gasteiger partial charge on any atom is 0.356 e. The molecule has 2 rings (SSSR count). The molecule has 0 aliphatic carbocycles. The molecule has 0 aliphatic rings. The molecule has 13 heavy (non-hydrogen) atoms. The fourth-order valence-electron chi connectivity index (χ4n) is 1.05. The maximum atomic E-state index is 10.6. The highest BCUT2D eigenvalue weighted by Gasteiger charge is 2.12. The standard InChI is InChI=1S/C7H4ClN3O2/c8-5-2-9-1-4-6(7(12)13)10-3-11(4)5/h1-3H,(H,12,13). The third-order valence-electron chi connectivity index (χ3n) is 1.62. The van der Waals surface area contributed by atoms with Crippen LogP contribution in [0.1, 0.15) is 10.5 Å². The van der Waals surface area contributed by atoms with E-state index in [0.29, 0.717) is 10.7 Å². The van der Waals surface area contributed by atoms with E-state index < -0.39 is 5.97 Å². The molecule has 1 N–H and O–H groups in total. The summed E-state index contributed by atoms with van der Waals surface area (Å²) < 4.78 is 1.46. The highest BCUT2D eigenvalue weighted by molar-refractivity contribution is 6.29. The number of carboxylic acid groups (broad SMARTS) is 1. The lowest BCUT2D eigenvalue weighted by Crippen LogP contribution is -1.97. The van der Waals surface area contributed by atoms with Crippen LogP contribution in [0.15, 0.2) is 18.7 Å². The Morgan fingerprint density at radius 1 is 1.54 bits per heavy atom. The molecule has 0 saturated carbocycles. The topological polar surface area (TPSA) is 67.5 Å². The molecule has 66 valence electrons. The Labute approximate surface area is 77.6 Å². The average Bonchev–Trinajstić information content (AvgIpc) is 2.48. The Bertz CT molecular complexity index is 480. The maximum absolute atomic E-state index is 10.6. The minimum atomic E-state index is -1.09. The van der Waals surface area contributed by atoms with Crippen molar-refractivity contribution in [2.24, 2.45) is 0 Å². The van der Waals surface area contributed by atoms with E-state index in [9.17, 15) is 4.79 Å². The van der Waals surface area contributed by atoms with Gasteiger partial charge in [0.15, 0.2) is 5.69 Å². The first-order valence-corrected chi connectivity index (χ1v) is 3.78. The highest BCUT2D eigenvalue weighted by atomic mass is 35.5. The molecule has 2 aromatic rings. The quantitative estimate of drug-likeness (QED) is 0.743. The van der Waals surface area contributed by atoms with E-state index in [4.69, 9.17) is 16.7 Å². The minimum absolute atomic E-state index is 0.0463. The van der Waals surface area contributed by atoms with Crippen LogP contribution in [-0.2, 0) is 0 Å². The normalized spacial score (nSPS) is 10.5. The SMILES string of the molecule is O=C(O)c1ncn2c(Cl)cncc12. The van der Waals surface area contributed by atoms with Gasteiger partial charge in [0.2, 0.25) is 0 Å². The summed E-state index contributed by atoms with van der Waals surface area (Å²) in [5.74, 6) is -1.09. The van der Waals surface area contributed by atoms with E-state index in [1.807, 2.05) is 0 Å². The van der Waals surface area contributed by atoms with Crippen LogP contribution >= 0.6 is 11.6 Å². The van der Waals surface area contributed by atoms with Crippen LogP contribution in [-0.4, -0.2) is 25.4 Å². The summed E-state index contributed by atoms with van der Waals surface area (Å²) >= 11 is 5.74. The van der Waals surface area contributed by atoms with Crippen LogP contribution in [0, 0.1) is 0 Å². The smallest absolute Gasteiger partial charge is 0.356 e. The zero-order valence-electron chi connectivity index (χ0n) is 6.31. The molecule has 2 aromatic heterocycles. The summed E-state index contributed by atoms with van der Waals surface area (Å²) in [5.41, 5.74) is 0.343. The first-order chi connectivity index (χ1) is 6.20. The number of hydrogen-bond donors (Lipinski definition) is 1. The van der Waals surface area contributed by atoms with Crippen LogP contribution in [0.4, 0.5) is 0 Å². The van der Waals surface area contributed by atoms with E-state index >= 15 is 0 Å². The lowest BCUT2D eigenvalue weighted by Gasteiger charge is -1.94. The second-order valence-corrected chi connectivity index (χ2v) is 2.77. The first kappa shape index (κ1) is 8.00. The van der Waals surface area contributed by atoms with E-state index in [2.05, 4.69) is 9.97 Å². The molecule has 0 fully saturated rings. The molecule has 0 saturated heterocycles. The lowest BCUT2D eigenvalue weighted by molar-refractivity contribution is 0.0693. The molecule has 0 unspecified atom stereocenters. The first-order valence-electron chi connectivity index (χ1n) is 3.40. The number of aromatic nitrogens is 3. The summed E-state index contributed by atoms with van der Waals surface area (Å²) in [7, 11) is 0. The molecule has 5 nitrogen and oxygen atoms in total. The van der Waals surface area contributed by atoms with Crippen molar-refractivity contribution in [1.82, 2.24) is 14.4 Å². The van der Waals surface area contributed by atoms with Crippen LogP contribution in [0.3, 0.4) is 0 Å². The van der Waals surface area contributed by atoms with E-state index in [-0.39, 0.29) is 5.69 Å². The molecule has 0 atom stereocenters. The summed E-state index contributed by atoms with van der Waals surface area (Å²) in [4.78, 5) is 18.1. The molecule has 6 heteroatoms. The third kappa shape index (κ3) is 1.13. The second-order valence-electron chi connectivity index (χ2n) is 2.38. The van der Waals surface area contributed by atoms with Crippen molar-refractivity contribution >= 4 is 23.1 Å². The number of aromatic carboxylic acids is 1. The van der Waals surface area contributed by atoms with Crippen molar-refractivity contribution in [3.63, 3.8) is 0 Å². The molecule has 0 aliphatic heterocycles. The van der Waals surface area contributed by atoms with Gasteiger partial charge in [-0.3, -0.25) is 9.38 Å². The van der Waals surface area contributed by atoms with Crippen LogP contribution in [0.2, 0.25) is 5.15 Å². The van der Waals surface area contributed by atoms with Gasteiger partial charge in [-0.1, -0.05) is 11.6 Å². The highest BCUT2D eigenvalue weighted by Crippen LogP contribution is 2.13. The van der Waals surface area contributed by atoms with Gasteiger partial charge in [-0.05, 0) is 0 Å². The number of carbonyl (C=O) groups is 1. The number of fused-ring (bicyclic) bond motifs is 1. The molecule has 0 aromatic carbocycles. The van der Waals surface area contributed by atoms with Crippen LogP contribution in [0.25, 0.3) is 5.52 Å². The minimum Gasteiger partial charge on any atom is -0.476 e. The Kier molecular flexibility index (Phi) is 1.66. The molecular weight excluding hydrogens is 194 g/mol. The fraction of sp³-hybridized carbons (Fsp3) is 0. The molecule has 0 bridgehead atoms. The summed E-state index contributed by atoms with van der Waals surface area (Å²) in [6, 6.07) is 0. The second kappa shape index (κ2) is 2.70. The Morgan fingerprint density at radius 3 is 3.00 bits per heavy atom. The van der Waals surface area contributed by atoms with Gasteiger partial charge in [-0.25, -0.2) is 9.78 Å². The average molecular weight is 198 g/mol. The summed E-state index contributed by atoms with van der Waals surface area (Å²) in [5, 5.41) is 9.05. The molecule has 2 heterocycles. The predicted octanol–water partition coefficient (Wildman–Crippen LogP) is 1.08. The number of carboxylic acids is 1. The molecule has 0 spiro atoms. The van der Waals surface area contributed by atoms with Gasteiger partial charge in [0.05, 0.1) is 17.9 Å². The Hall–Kier alpha value is -1.62. The number of halogens is 1. The predicted molar refractivity (Wildman–Crippen MR) is 45.0 cm³/mol. The zero-order valence-corrected chi connectivity index (χ0v) is 7.06. The van der Waals surface area contributed by atoms with Crippen LogP contribution < -0.4 is 0 Å². The van der Waals surface area contributed by atoms with E-state index in [1.165, 1.54) is 23.1 Å². The Balaban J connectivity index is 2.83. The fourth-order valence-corrected chi connectivity index (χ4v) is 1.24. The van der Waals surface area contributed by atoms with Gasteiger partial charge in [-0.15, -0.1) is 0 Å². The van der Waals surface area contributed by atoms with Crippen molar-refractivity contribution in [2.45, 2.75) is 0 Å². The van der Waals surface area contributed by atoms with Gasteiger partial charge in [0.25, 0.3) is 0 Å². The Morgan fingerprint density at radius 2 is 2.31 bits per heavy atom. The molecular formula is C7H4ClN3O2. The summed E-state index contributed by atoms with van der Waals surface area (Å²) in [6.45, 7) is 0. The van der Waals surface area contributed by atoms with Crippen molar-refractivity contribution < 1.29 is 9.90 Å². The van der Waals surface area contributed by atoms with Crippen molar-refractivity contribution in [3.8, 4) is 0 Å². The van der Waals surface area contributed by atoms with Gasteiger partial charge >= 0.3 is 5.97 Å². The van der Waals surface area contributed by atoms with E-state index in [0.717, 1.165) is 0 Å². The lowest BCUT2D eigenvalue weighted by atomic mass is 10.4. The molecule has 0 amide bonds. The van der Waals surface area contributed by atoms with Gasteiger partial charge < -0.3 is 5.11 Å². The molecule has 0 radical (unpaired) electrons. The number of rotatable bonds is 1. The summed E-state index contributed by atoms with van der Waals surface area (Å²) in [6.07, 6.45) is 4.17. The van der Waals surface area contributed by atoms with Gasteiger partial charge in [0.1, 0.15) is 11.5 Å². The zero-order chi connectivity index (χ0) is 9.42. The third-order valence-corrected chi connectivity index (χ3v) is 1.89. The van der Waals surface area contributed by atoms with Crippen molar-refractivity contribution in [3.05, 3.63) is 29.6 Å². The monoisotopic (exact) mass is 197 g/mol. The van der Waals surface area contributed by atoms with Gasteiger partial charge in [-0.2, -0.15) is 0 Å².